The van der Waals surface area contributed by atoms with E-state index in [1.54, 1.807) is 18.2 Å². The predicted molar refractivity (Wildman–Crippen MR) is 94.1 cm³/mol. The highest BCUT2D eigenvalue weighted by Gasteiger charge is 2.10. The van der Waals surface area contributed by atoms with Crippen LogP contribution in [0.25, 0.3) is 0 Å². The van der Waals surface area contributed by atoms with Crippen molar-refractivity contribution in [2.24, 2.45) is 0 Å². The van der Waals surface area contributed by atoms with Gasteiger partial charge in [0.1, 0.15) is 5.75 Å². The van der Waals surface area contributed by atoms with Gasteiger partial charge in [-0.1, -0.05) is 42.3 Å². The Hall–Kier alpha value is -1.23. The van der Waals surface area contributed by atoms with Gasteiger partial charge in [-0.3, -0.25) is 4.79 Å². The lowest BCUT2D eigenvalue weighted by atomic mass is 10.2. The van der Waals surface area contributed by atoms with Crippen molar-refractivity contribution in [2.45, 2.75) is 13.3 Å². The maximum absolute atomic E-state index is 11.9. The standard InChI is InChI=1S/C16H14BrCl2NO2/c1-2-10-6-7-14(11(17)8-10)22-9-15(21)20-13-5-3-4-12(18)16(13)19/h3-8H,2,9H2,1H3,(H,20,21). The first-order valence-corrected chi connectivity index (χ1v) is 8.21. The normalized spacial score (nSPS) is 10.4. The summed E-state index contributed by atoms with van der Waals surface area (Å²) in [4.78, 5) is 11.9. The van der Waals surface area contributed by atoms with Crippen molar-refractivity contribution < 1.29 is 9.53 Å². The lowest BCUT2D eigenvalue weighted by Crippen LogP contribution is -2.20. The maximum Gasteiger partial charge on any atom is 0.262 e. The summed E-state index contributed by atoms with van der Waals surface area (Å²) in [5, 5.41) is 3.37. The van der Waals surface area contributed by atoms with E-state index in [0.717, 1.165) is 10.9 Å². The molecule has 0 saturated carbocycles. The first-order valence-electron chi connectivity index (χ1n) is 6.66. The van der Waals surface area contributed by atoms with E-state index in [1.165, 1.54) is 5.56 Å². The zero-order valence-electron chi connectivity index (χ0n) is 11.8. The third-order valence-electron chi connectivity index (χ3n) is 2.99. The summed E-state index contributed by atoms with van der Waals surface area (Å²) in [6, 6.07) is 10.8. The molecular weight excluding hydrogens is 389 g/mol. The second kappa shape index (κ2) is 7.86. The number of carbonyl (C=O) groups is 1. The van der Waals surface area contributed by atoms with Gasteiger partial charge >= 0.3 is 0 Å². The van der Waals surface area contributed by atoms with Crippen LogP contribution in [0.2, 0.25) is 10.0 Å². The molecule has 2 rings (SSSR count). The fraction of sp³-hybridized carbons (Fsp3) is 0.188. The van der Waals surface area contributed by atoms with Crippen LogP contribution in [0.4, 0.5) is 5.69 Å². The Labute approximate surface area is 147 Å². The minimum absolute atomic E-state index is 0.118. The fourth-order valence-electron chi connectivity index (χ4n) is 1.81. The van der Waals surface area contributed by atoms with Crippen molar-refractivity contribution in [1.82, 2.24) is 0 Å². The Balaban J connectivity index is 1.97. The molecule has 0 aliphatic rings. The zero-order valence-corrected chi connectivity index (χ0v) is 14.9. The van der Waals surface area contributed by atoms with E-state index >= 15 is 0 Å². The monoisotopic (exact) mass is 401 g/mol. The summed E-state index contributed by atoms with van der Waals surface area (Å²) in [6.07, 6.45) is 0.937. The number of benzene rings is 2. The SMILES string of the molecule is CCc1ccc(OCC(=O)Nc2cccc(Cl)c2Cl)c(Br)c1. The van der Waals surface area contributed by atoms with E-state index in [-0.39, 0.29) is 12.5 Å². The third kappa shape index (κ3) is 4.38. The number of aryl methyl sites for hydroxylation is 1. The van der Waals surface area contributed by atoms with Gasteiger partial charge in [-0.2, -0.15) is 0 Å². The van der Waals surface area contributed by atoms with Crippen LogP contribution in [0.3, 0.4) is 0 Å². The number of carbonyl (C=O) groups excluding carboxylic acids is 1. The molecule has 1 N–H and O–H groups in total. The molecule has 3 nitrogen and oxygen atoms in total. The molecule has 0 heterocycles. The average molecular weight is 403 g/mol. The highest BCUT2D eigenvalue weighted by atomic mass is 79.9. The van der Waals surface area contributed by atoms with Crippen LogP contribution in [0.5, 0.6) is 5.75 Å². The van der Waals surface area contributed by atoms with Crippen LogP contribution in [0.1, 0.15) is 12.5 Å². The Bertz CT molecular complexity index is 692. The fourth-order valence-corrected chi connectivity index (χ4v) is 2.70. The van der Waals surface area contributed by atoms with Gasteiger partial charge in [0.2, 0.25) is 0 Å². The molecule has 1 amide bonds. The van der Waals surface area contributed by atoms with Crippen molar-refractivity contribution in [2.75, 3.05) is 11.9 Å². The summed E-state index contributed by atoms with van der Waals surface area (Å²) in [7, 11) is 0. The molecule has 0 unspecified atom stereocenters. The zero-order chi connectivity index (χ0) is 16.1. The van der Waals surface area contributed by atoms with Crippen molar-refractivity contribution in [3.63, 3.8) is 0 Å². The second-order valence-electron chi connectivity index (χ2n) is 4.56. The van der Waals surface area contributed by atoms with E-state index in [0.29, 0.717) is 21.5 Å². The number of amides is 1. The number of hydrogen-bond donors (Lipinski definition) is 1. The third-order valence-corrected chi connectivity index (χ3v) is 4.43. The number of nitrogens with one attached hydrogen (secondary N) is 1. The Morgan fingerprint density at radius 2 is 2.05 bits per heavy atom. The van der Waals surface area contributed by atoms with Gasteiger partial charge in [0.25, 0.3) is 5.91 Å². The lowest BCUT2D eigenvalue weighted by molar-refractivity contribution is -0.118. The van der Waals surface area contributed by atoms with Crippen molar-refractivity contribution in [1.29, 1.82) is 0 Å². The van der Waals surface area contributed by atoms with Gasteiger partial charge in [0.05, 0.1) is 20.2 Å². The number of ether oxygens (including phenoxy) is 1. The summed E-state index contributed by atoms with van der Waals surface area (Å²) in [5.41, 5.74) is 1.65. The highest BCUT2D eigenvalue weighted by Crippen LogP contribution is 2.30. The van der Waals surface area contributed by atoms with Crippen molar-refractivity contribution >= 4 is 50.7 Å². The van der Waals surface area contributed by atoms with E-state index in [4.69, 9.17) is 27.9 Å². The van der Waals surface area contributed by atoms with Crippen LogP contribution in [0.15, 0.2) is 40.9 Å². The molecule has 0 saturated heterocycles. The van der Waals surface area contributed by atoms with Crippen LogP contribution >= 0.6 is 39.1 Å². The Morgan fingerprint density at radius 1 is 1.27 bits per heavy atom. The molecule has 2 aromatic carbocycles. The van der Waals surface area contributed by atoms with E-state index in [1.807, 2.05) is 18.2 Å². The Morgan fingerprint density at radius 3 is 2.73 bits per heavy atom. The number of anilines is 1. The van der Waals surface area contributed by atoms with Crippen LogP contribution in [0, 0.1) is 0 Å². The summed E-state index contributed by atoms with van der Waals surface area (Å²) in [6.45, 7) is 1.96. The van der Waals surface area contributed by atoms with Crippen LogP contribution in [-0.2, 0) is 11.2 Å². The van der Waals surface area contributed by atoms with Gasteiger partial charge in [0.15, 0.2) is 6.61 Å². The van der Waals surface area contributed by atoms with Crippen LogP contribution in [-0.4, -0.2) is 12.5 Å². The molecule has 22 heavy (non-hydrogen) atoms. The molecule has 0 spiro atoms. The highest BCUT2D eigenvalue weighted by molar-refractivity contribution is 9.10. The molecule has 0 bridgehead atoms. The molecule has 0 aromatic heterocycles. The minimum atomic E-state index is -0.310. The molecule has 6 heteroatoms. The summed E-state index contributed by atoms with van der Waals surface area (Å²) in [5.74, 6) is 0.306. The maximum atomic E-state index is 11.9. The van der Waals surface area contributed by atoms with Gasteiger partial charge in [-0.15, -0.1) is 0 Å². The smallest absolute Gasteiger partial charge is 0.262 e. The molecule has 0 atom stereocenters. The van der Waals surface area contributed by atoms with E-state index in [2.05, 4.69) is 28.2 Å². The predicted octanol–water partition coefficient (Wildman–Crippen LogP) is 5.34. The van der Waals surface area contributed by atoms with Gasteiger partial charge in [-0.05, 0) is 52.2 Å². The molecule has 0 fully saturated rings. The summed E-state index contributed by atoms with van der Waals surface area (Å²) >= 11 is 15.3. The number of halogens is 3. The molecule has 0 aliphatic carbocycles. The van der Waals surface area contributed by atoms with Gasteiger partial charge in [-0.25, -0.2) is 0 Å². The molecule has 116 valence electrons. The number of rotatable bonds is 5. The first-order chi connectivity index (χ1) is 10.5. The second-order valence-corrected chi connectivity index (χ2v) is 6.20. The summed E-state index contributed by atoms with van der Waals surface area (Å²) < 4.78 is 6.33. The Kier molecular flexibility index (Phi) is 6.12. The topological polar surface area (TPSA) is 38.3 Å². The number of hydrogen-bond acceptors (Lipinski definition) is 2. The molecule has 0 aliphatic heterocycles. The quantitative estimate of drug-likeness (QED) is 0.733. The van der Waals surface area contributed by atoms with E-state index < -0.39 is 0 Å². The molecule has 2 aromatic rings. The lowest BCUT2D eigenvalue weighted by Gasteiger charge is -2.11. The van der Waals surface area contributed by atoms with Crippen LogP contribution < -0.4 is 10.1 Å². The molecular formula is C16H14BrCl2NO2. The average Bonchev–Trinajstić information content (AvgIpc) is 2.50. The van der Waals surface area contributed by atoms with Gasteiger partial charge in [0, 0.05) is 0 Å². The first kappa shape index (κ1) is 17.1. The van der Waals surface area contributed by atoms with Gasteiger partial charge < -0.3 is 10.1 Å². The van der Waals surface area contributed by atoms with E-state index in [9.17, 15) is 4.79 Å². The molecule has 0 radical (unpaired) electrons. The minimum Gasteiger partial charge on any atom is -0.483 e. The largest absolute Gasteiger partial charge is 0.483 e. The van der Waals surface area contributed by atoms with Crippen molar-refractivity contribution in [3.8, 4) is 5.75 Å². The van der Waals surface area contributed by atoms with Crippen molar-refractivity contribution in [3.05, 3.63) is 56.5 Å².